The maximum Gasteiger partial charge on any atom is 0.0473 e. The van der Waals surface area contributed by atoms with Gasteiger partial charge in [-0.3, -0.25) is 0 Å². The monoisotopic (exact) mass is 207 g/mol. The first-order valence-corrected chi connectivity index (χ1v) is 5.91. The molecule has 0 radical (unpaired) electrons. The van der Waals surface area contributed by atoms with Gasteiger partial charge in [0.1, 0.15) is 0 Å². The Labute approximate surface area is 91.7 Å². The number of piperidine rings is 1. The fourth-order valence-electron chi connectivity index (χ4n) is 2.41. The van der Waals surface area contributed by atoms with Crippen LogP contribution < -0.4 is 10.6 Å². The molecule has 3 nitrogen and oxygen atoms in total. The molecule has 1 aliphatic rings. The molecular formula is C12H21N3. The predicted octanol–water partition coefficient (Wildman–Crippen LogP) is 1.66. The molecule has 0 aromatic carbocycles. The van der Waals surface area contributed by atoms with Gasteiger partial charge in [0.25, 0.3) is 0 Å². The molecule has 2 rings (SSSR count). The van der Waals surface area contributed by atoms with E-state index >= 15 is 0 Å². The van der Waals surface area contributed by atoms with Gasteiger partial charge in [-0.25, -0.2) is 0 Å². The van der Waals surface area contributed by atoms with Crippen LogP contribution in [-0.2, 0) is 0 Å². The van der Waals surface area contributed by atoms with Crippen molar-refractivity contribution in [3.05, 3.63) is 24.0 Å². The van der Waals surface area contributed by atoms with E-state index in [2.05, 4.69) is 27.8 Å². The van der Waals surface area contributed by atoms with E-state index in [-0.39, 0.29) is 0 Å². The van der Waals surface area contributed by atoms with Crippen molar-refractivity contribution in [2.75, 3.05) is 20.1 Å². The number of aromatic nitrogens is 1. The van der Waals surface area contributed by atoms with Crippen LogP contribution in [0.1, 0.15) is 31.0 Å². The zero-order chi connectivity index (χ0) is 10.5. The van der Waals surface area contributed by atoms with Gasteiger partial charge < -0.3 is 15.6 Å². The summed E-state index contributed by atoms with van der Waals surface area (Å²) in [6.45, 7) is 2.37. The zero-order valence-corrected chi connectivity index (χ0v) is 9.42. The van der Waals surface area contributed by atoms with Crippen molar-refractivity contribution in [3.8, 4) is 0 Å². The summed E-state index contributed by atoms with van der Waals surface area (Å²) in [4.78, 5) is 3.30. The standard InChI is InChI=1S/C12H21N3/c1-13-12(11-3-2-6-15-11)9-10-4-7-14-8-5-10/h2-3,6,10,12-15H,4-5,7-9H2,1H3. The van der Waals surface area contributed by atoms with Gasteiger partial charge in [0.15, 0.2) is 0 Å². The Morgan fingerprint density at radius 2 is 2.27 bits per heavy atom. The maximum atomic E-state index is 3.41. The van der Waals surface area contributed by atoms with Gasteiger partial charge >= 0.3 is 0 Å². The second-order valence-electron chi connectivity index (χ2n) is 4.40. The number of nitrogens with one attached hydrogen (secondary N) is 3. The molecule has 1 fully saturated rings. The summed E-state index contributed by atoms with van der Waals surface area (Å²) in [5.74, 6) is 0.868. The molecule has 15 heavy (non-hydrogen) atoms. The van der Waals surface area contributed by atoms with Gasteiger partial charge in [0, 0.05) is 17.9 Å². The first kappa shape index (κ1) is 10.7. The van der Waals surface area contributed by atoms with E-state index in [9.17, 15) is 0 Å². The second-order valence-corrected chi connectivity index (χ2v) is 4.40. The molecule has 1 unspecified atom stereocenters. The highest BCUT2D eigenvalue weighted by Gasteiger charge is 2.19. The number of H-pyrrole nitrogens is 1. The predicted molar refractivity (Wildman–Crippen MR) is 62.8 cm³/mol. The summed E-state index contributed by atoms with van der Waals surface area (Å²) in [7, 11) is 2.05. The third kappa shape index (κ3) is 2.83. The van der Waals surface area contributed by atoms with Crippen LogP contribution in [0.4, 0.5) is 0 Å². The molecule has 2 heterocycles. The molecule has 0 bridgehead atoms. The van der Waals surface area contributed by atoms with E-state index in [0.717, 1.165) is 5.92 Å². The van der Waals surface area contributed by atoms with Gasteiger partial charge in [-0.15, -0.1) is 0 Å². The molecule has 3 heteroatoms. The van der Waals surface area contributed by atoms with E-state index in [1.807, 2.05) is 13.2 Å². The Kier molecular flexibility index (Phi) is 3.80. The van der Waals surface area contributed by atoms with E-state index < -0.39 is 0 Å². The van der Waals surface area contributed by atoms with Gasteiger partial charge in [0.2, 0.25) is 0 Å². The van der Waals surface area contributed by atoms with Crippen LogP contribution in [0.5, 0.6) is 0 Å². The molecule has 1 saturated heterocycles. The molecular weight excluding hydrogens is 186 g/mol. The summed E-state index contributed by atoms with van der Waals surface area (Å²) in [5.41, 5.74) is 1.32. The Bertz CT molecular complexity index is 262. The minimum Gasteiger partial charge on any atom is -0.364 e. The van der Waals surface area contributed by atoms with Gasteiger partial charge in [-0.2, -0.15) is 0 Å². The molecule has 3 N–H and O–H groups in total. The smallest absolute Gasteiger partial charge is 0.0473 e. The normalized spacial score (nSPS) is 20.3. The number of rotatable bonds is 4. The van der Waals surface area contributed by atoms with Crippen LogP contribution >= 0.6 is 0 Å². The Balaban J connectivity index is 1.90. The van der Waals surface area contributed by atoms with Crippen molar-refractivity contribution in [1.29, 1.82) is 0 Å². The molecule has 0 saturated carbocycles. The quantitative estimate of drug-likeness (QED) is 0.703. The van der Waals surface area contributed by atoms with E-state index in [1.165, 1.54) is 38.0 Å². The van der Waals surface area contributed by atoms with Crippen LogP contribution in [0.15, 0.2) is 18.3 Å². The van der Waals surface area contributed by atoms with Crippen LogP contribution in [-0.4, -0.2) is 25.1 Å². The van der Waals surface area contributed by atoms with Crippen molar-refractivity contribution in [1.82, 2.24) is 15.6 Å². The van der Waals surface area contributed by atoms with Crippen molar-refractivity contribution < 1.29 is 0 Å². The highest BCUT2D eigenvalue weighted by Crippen LogP contribution is 2.25. The lowest BCUT2D eigenvalue weighted by Gasteiger charge is -2.26. The van der Waals surface area contributed by atoms with E-state index in [1.54, 1.807) is 0 Å². The SMILES string of the molecule is CNC(CC1CCNCC1)c1ccc[nH]1. The van der Waals surface area contributed by atoms with E-state index in [4.69, 9.17) is 0 Å². The summed E-state index contributed by atoms with van der Waals surface area (Å²) >= 11 is 0. The molecule has 1 atom stereocenters. The lowest BCUT2D eigenvalue weighted by atomic mass is 9.90. The third-order valence-electron chi connectivity index (χ3n) is 3.37. The van der Waals surface area contributed by atoms with Gasteiger partial charge in [-0.1, -0.05) is 0 Å². The summed E-state index contributed by atoms with van der Waals surface area (Å²) < 4.78 is 0. The highest BCUT2D eigenvalue weighted by molar-refractivity contribution is 5.09. The maximum absolute atomic E-state index is 3.41. The Morgan fingerprint density at radius 1 is 1.47 bits per heavy atom. The molecule has 1 aliphatic heterocycles. The minimum absolute atomic E-state index is 0.489. The number of hydrogen-bond acceptors (Lipinski definition) is 2. The zero-order valence-electron chi connectivity index (χ0n) is 9.42. The molecule has 1 aromatic rings. The first-order valence-electron chi connectivity index (χ1n) is 5.91. The van der Waals surface area contributed by atoms with Crippen molar-refractivity contribution >= 4 is 0 Å². The fourth-order valence-corrected chi connectivity index (χ4v) is 2.41. The number of aromatic amines is 1. The van der Waals surface area contributed by atoms with E-state index in [0.29, 0.717) is 6.04 Å². The van der Waals surface area contributed by atoms with Crippen LogP contribution in [0, 0.1) is 5.92 Å². The average molecular weight is 207 g/mol. The molecule has 0 spiro atoms. The van der Waals surface area contributed by atoms with Crippen molar-refractivity contribution in [2.24, 2.45) is 5.92 Å². The van der Waals surface area contributed by atoms with Crippen LogP contribution in [0.3, 0.4) is 0 Å². The Hall–Kier alpha value is -0.800. The van der Waals surface area contributed by atoms with Crippen LogP contribution in [0.2, 0.25) is 0 Å². The first-order chi connectivity index (χ1) is 7.40. The minimum atomic E-state index is 0.489. The second kappa shape index (κ2) is 5.33. The van der Waals surface area contributed by atoms with Gasteiger partial charge in [0.05, 0.1) is 0 Å². The van der Waals surface area contributed by atoms with Crippen molar-refractivity contribution in [3.63, 3.8) is 0 Å². The average Bonchev–Trinajstić information content (AvgIpc) is 2.81. The van der Waals surface area contributed by atoms with Gasteiger partial charge in [-0.05, 0) is 57.5 Å². The summed E-state index contributed by atoms with van der Waals surface area (Å²) in [6, 6.07) is 4.73. The topological polar surface area (TPSA) is 39.8 Å². The molecule has 84 valence electrons. The fraction of sp³-hybridized carbons (Fsp3) is 0.667. The lowest BCUT2D eigenvalue weighted by Crippen LogP contribution is -2.30. The number of hydrogen-bond donors (Lipinski definition) is 3. The lowest BCUT2D eigenvalue weighted by molar-refractivity contribution is 0.316. The third-order valence-corrected chi connectivity index (χ3v) is 3.37. The largest absolute Gasteiger partial charge is 0.364 e. The van der Waals surface area contributed by atoms with Crippen LogP contribution in [0.25, 0.3) is 0 Å². The highest BCUT2D eigenvalue weighted by atomic mass is 14.9. The van der Waals surface area contributed by atoms with Crippen molar-refractivity contribution in [2.45, 2.75) is 25.3 Å². The molecule has 0 aliphatic carbocycles. The summed E-state index contributed by atoms with van der Waals surface area (Å²) in [6.07, 6.45) is 5.89. The Morgan fingerprint density at radius 3 is 2.87 bits per heavy atom. The summed E-state index contributed by atoms with van der Waals surface area (Å²) in [5, 5.41) is 6.81. The molecule has 1 aromatic heterocycles. The molecule has 0 amide bonds.